The standard InChI is InChI=1S/C8H15O/c1-7-3-5-8(2,9)6-4-7/h7,9H,1,3-6H2,2H3. The minimum absolute atomic E-state index is 0.381. The lowest BCUT2D eigenvalue weighted by atomic mass is 9.81. The van der Waals surface area contributed by atoms with Gasteiger partial charge in [-0.25, -0.2) is 0 Å². The van der Waals surface area contributed by atoms with E-state index in [1.54, 1.807) is 0 Å². The van der Waals surface area contributed by atoms with Crippen LogP contribution in [0.3, 0.4) is 0 Å². The van der Waals surface area contributed by atoms with Gasteiger partial charge in [0.15, 0.2) is 0 Å². The molecule has 0 amide bonds. The first-order valence-corrected chi connectivity index (χ1v) is 3.66. The summed E-state index contributed by atoms with van der Waals surface area (Å²) >= 11 is 0. The maximum atomic E-state index is 9.46. The van der Waals surface area contributed by atoms with E-state index in [-0.39, 0.29) is 5.60 Å². The molecule has 1 rings (SSSR count). The Hall–Kier alpha value is -0.0400. The van der Waals surface area contributed by atoms with Gasteiger partial charge in [-0.3, -0.25) is 0 Å². The first-order valence-electron chi connectivity index (χ1n) is 3.66. The Morgan fingerprint density at radius 3 is 2.22 bits per heavy atom. The third kappa shape index (κ3) is 1.98. The lowest BCUT2D eigenvalue weighted by molar-refractivity contribution is 0.0135. The SMILES string of the molecule is [CH2]C1CCC(C)(O)CC1. The highest BCUT2D eigenvalue weighted by molar-refractivity contribution is 4.81. The molecule has 1 N–H and O–H groups in total. The molecule has 1 heteroatoms. The van der Waals surface area contributed by atoms with Crippen LogP contribution in [0.1, 0.15) is 32.6 Å². The lowest BCUT2D eigenvalue weighted by Gasteiger charge is -2.31. The molecule has 9 heavy (non-hydrogen) atoms. The average Bonchev–Trinajstić information content (AvgIpc) is 1.78. The molecule has 0 aliphatic heterocycles. The van der Waals surface area contributed by atoms with Crippen molar-refractivity contribution in [1.82, 2.24) is 0 Å². The van der Waals surface area contributed by atoms with E-state index < -0.39 is 0 Å². The molecule has 1 saturated carbocycles. The summed E-state index contributed by atoms with van der Waals surface area (Å²) in [5, 5.41) is 9.46. The summed E-state index contributed by atoms with van der Waals surface area (Å²) in [6.07, 6.45) is 4.04. The summed E-state index contributed by atoms with van der Waals surface area (Å²) in [6, 6.07) is 0. The first-order chi connectivity index (χ1) is 4.10. The lowest BCUT2D eigenvalue weighted by Crippen LogP contribution is -2.29. The minimum Gasteiger partial charge on any atom is -0.390 e. The zero-order valence-corrected chi connectivity index (χ0v) is 6.06. The normalized spacial score (nSPS) is 45.0. The second-order valence-electron chi connectivity index (χ2n) is 3.44. The number of rotatable bonds is 0. The molecule has 0 saturated heterocycles. The van der Waals surface area contributed by atoms with Crippen LogP contribution in [0.25, 0.3) is 0 Å². The quantitative estimate of drug-likeness (QED) is 0.525. The van der Waals surface area contributed by atoms with Crippen molar-refractivity contribution < 1.29 is 5.11 Å². The number of hydrogen-bond donors (Lipinski definition) is 1. The Balaban J connectivity index is 2.35. The van der Waals surface area contributed by atoms with Crippen LogP contribution in [-0.4, -0.2) is 10.7 Å². The van der Waals surface area contributed by atoms with E-state index in [0.717, 1.165) is 25.7 Å². The van der Waals surface area contributed by atoms with Gasteiger partial charge in [-0.2, -0.15) is 0 Å². The summed E-state index contributed by atoms with van der Waals surface area (Å²) in [5.41, 5.74) is -0.381. The van der Waals surface area contributed by atoms with E-state index in [9.17, 15) is 5.11 Å². The summed E-state index contributed by atoms with van der Waals surface area (Å²) in [5.74, 6) is 0.588. The van der Waals surface area contributed by atoms with Crippen molar-refractivity contribution in [3.63, 3.8) is 0 Å². The molecule has 0 spiro atoms. The molecule has 0 heterocycles. The van der Waals surface area contributed by atoms with Crippen LogP contribution in [0.5, 0.6) is 0 Å². The van der Waals surface area contributed by atoms with Gasteiger partial charge in [-0.1, -0.05) is 6.92 Å². The maximum absolute atomic E-state index is 9.46. The Labute approximate surface area is 57.1 Å². The van der Waals surface area contributed by atoms with E-state index in [2.05, 4.69) is 6.92 Å². The highest BCUT2D eigenvalue weighted by Gasteiger charge is 2.26. The van der Waals surface area contributed by atoms with Gasteiger partial charge in [-0.15, -0.1) is 0 Å². The largest absolute Gasteiger partial charge is 0.390 e. The van der Waals surface area contributed by atoms with Crippen LogP contribution in [0.4, 0.5) is 0 Å². The predicted octanol–water partition coefficient (Wildman–Crippen LogP) is 1.76. The molecule has 1 aliphatic rings. The maximum Gasteiger partial charge on any atom is 0.0620 e. The molecule has 53 valence electrons. The minimum atomic E-state index is -0.381. The smallest absolute Gasteiger partial charge is 0.0620 e. The van der Waals surface area contributed by atoms with E-state index in [1.807, 2.05) is 6.92 Å². The highest BCUT2D eigenvalue weighted by Crippen LogP contribution is 2.30. The van der Waals surface area contributed by atoms with Crippen LogP contribution in [0.15, 0.2) is 0 Å². The van der Waals surface area contributed by atoms with Crippen molar-refractivity contribution in [3.8, 4) is 0 Å². The van der Waals surface area contributed by atoms with Gasteiger partial charge in [0.2, 0.25) is 0 Å². The van der Waals surface area contributed by atoms with Crippen LogP contribution in [-0.2, 0) is 0 Å². The second kappa shape index (κ2) is 2.30. The number of hydrogen-bond acceptors (Lipinski definition) is 1. The Bertz CT molecular complexity index is 86.7. The second-order valence-corrected chi connectivity index (χ2v) is 3.44. The molecule has 1 aliphatic carbocycles. The molecule has 0 aromatic rings. The Morgan fingerprint density at radius 2 is 1.89 bits per heavy atom. The zero-order valence-electron chi connectivity index (χ0n) is 6.06. The Morgan fingerprint density at radius 1 is 1.44 bits per heavy atom. The molecular weight excluding hydrogens is 112 g/mol. The summed E-state index contributed by atoms with van der Waals surface area (Å²) in [7, 11) is 0. The van der Waals surface area contributed by atoms with Gasteiger partial charge < -0.3 is 5.11 Å². The van der Waals surface area contributed by atoms with Crippen molar-refractivity contribution in [2.45, 2.75) is 38.2 Å². The van der Waals surface area contributed by atoms with Crippen LogP contribution in [0.2, 0.25) is 0 Å². The number of aliphatic hydroxyl groups is 1. The molecule has 0 unspecified atom stereocenters. The average molecular weight is 127 g/mol. The highest BCUT2D eigenvalue weighted by atomic mass is 16.3. The summed E-state index contributed by atoms with van der Waals surface area (Å²) in [4.78, 5) is 0. The monoisotopic (exact) mass is 127 g/mol. The molecule has 0 aromatic carbocycles. The molecule has 1 radical (unpaired) electrons. The molecule has 1 fully saturated rings. The van der Waals surface area contributed by atoms with Gasteiger partial charge >= 0.3 is 0 Å². The van der Waals surface area contributed by atoms with E-state index in [0.29, 0.717) is 5.92 Å². The van der Waals surface area contributed by atoms with Gasteiger partial charge in [0, 0.05) is 0 Å². The fourth-order valence-corrected chi connectivity index (χ4v) is 1.30. The fourth-order valence-electron chi connectivity index (χ4n) is 1.30. The molecular formula is C8H15O. The van der Waals surface area contributed by atoms with Crippen LogP contribution < -0.4 is 0 Å². The van der Waals surface area contributed by atoms with E-state index >= 15 is 0 Å². The van der Waals surface area contributed by atoms with E-state index in [4.69, 9.17) is 0 Å². The topological polar surface area (TPSA) is 20.2 Å². The Kier molecular flexibility index (Phi) is 1.80. The molecule has 0 bridgehead atoms. The van der Waals surface area contributed by atoms with Crippen LogP contribution >= 0.6 is 0 Å². The van der Waals surface area contributed by atoms with Gasteiger partial charge in [-0.05, 0) is 38.5 Å². The first kappa shape index (κ1) is 7.07. The fraction of sp³-hybridized carbons (Fsp3) is 0.875. The molecule has 0 aromatic heterocycles. The third-order valence-electron chi connectivity index (χ3n) is 2.18. The van der Waals surface area contributed by atoms with Gasteiger partial charge in [0.05, 0.1) is 5.60 Å². The van der Waals surface area contributed by atoms with Gasteiger partial charge in [0.1, 0.15) is 0 Å². The summed E-state index contributed by atoms with van der Waals surface area (Å²) in [6.45, 7) is 5.87. The van der Waals surface area contributed by atoms with Crippen molar-refractivity contribution in [3.05, 3.63) is 6.92 Å². The molecule has 0 atom stereocenters. The summed E-state index contributed by atoms with van der Waals surface area (Å²) < 4.78 is 0. The van der Waals surface area contributed by atoms with Crippen molar-refractivity contribution in [2.75, 3.05) is 0 Å². The zero-order chi connectivity index (χ0) is 6.91. The van der Waals surface area contributed by atoms with Crippen LogP contribution in [0, 0.1) is 12.8 Å². The van der Waals surface area contributed by atoms with Gasteiger partial charge in [0.25, 0.3) is 0 Å². The van der Waals surface area contributed by atoms with Crippen molar-refractivity contribution >= 4 is 0 Å². The van der Waals surface area contributed by atoms with Crippen molar-refractivity contribution in [2.24, 2.45) is 5.92 Å². The van der Waals surface area contributed by atoms with E-state index in [1.165, 1.54) is 0 Å². The third-order valence-corrected chi connectivity index (χ3v) is 2.18. The predicted molar refractivity (Wildman–Crippen MR) is 37.9 cm³/mol. The molecule has 1 nitrogen and oxygen atoms in total. The van der Waals surface area contributed by atoms with Crippen molar-refractivity contribution in [1.29, 1.82) is 0 Å².